The lowest BCUT2D eigenvalue weighted by atomic mass is 10.1. The summed E-state index contributed by atoms with van der Waals surface area (Å²) < 4.78 is 19.2. The molecule has 7 nitrogen and oxygen atoms in total. The number of hydrogen-bond donors (Lipinski definition) is 1. The highest BCUT2D eigenvalue weighted by Crippen LogP contribution is 2.23. The maximum Gasteiger partial charge on any atom is 0.258 e. The molecule has 0 aliphatic carbocycles. The Morgan fingerprint density at radius 1 is 1.21 bits per heavy atom. The molecular formula is C21H20FN5O2. The van der Waals surface area contributed by atoms with Gasteiger partial charge >= 0.3 is 0 Å². The first-order valence-electron chi connectivity index (χ1n) is 9.20. The van der Waals surface area contributed by atoms with Crippen LogP contribution in [0.15, 0.2) is 51.8 Å². The van der Waals surface area contributed by atoms with Gasteiger partial charge in [-0.25, -0.2) is 9.37 Å². The summed E-state index contributed by atoms with van der Waals surface area (Å²) in [5.41, 5.74) is 1.59. The second-order valence-corrected chi connectivity index (χ2v) is 7.04. The van der Waals surface area contributed by atoms with Crippen LogP contribution in [0.4, 0.5) is 4.39 Å². The van der Waals surface area contributed by atoms with Crippen LogP contribution < -0.4 is 5.56 Å². The number of aryl methyl sites for hydroxylation is 1. The smallest absolute Gasteiger partial charge is 0.258 e. The summed E-state index contributed by atoms with van der Waals surface area (Å²) in [6.45, 7) is 3.99. The second kappa shape index (κ2) is 7.56. The van der Waals surface area contributed by atoms with Crippen LogP contribution in [0.3, 0.4) is 0 Å². The third kappa shape index (κ3) is 3.79. The highest BCUT2D eigenvalue weighted by molar-refractivity contribution is 5.77. The summed E-state index contributed by atoms with van der Waals surface area (Å²) in [5.74, 6) is 0.955. The molecule has 2 aromatic carbocycles. The topological polar surface area (TPSA) is 87.9 Å². The molecule has 1 atom stereocenters. The SMILES string of the molecule is Cc1ccc(-c2noc(C(C)N(C)Cc3nc4ccccc4c(=O)[nH]3)n2)cc1F. The second-order valence-electron chi connectivity index (χ2n) is 7.04. The van der Waals surface area contributed by atoms with Gasteiger partial charge in [0.15, 0.2) is 0 Å². The maximum absolute atomic E-state index is 13.8. The van der Waals surface area contributed by atoms with Crippen molar-refractivity contribution < 1.29 is 8.91 Å². The number of H-pyrrole nitrogens is 1. The predicted octanol–water partition coefficient (Wildman–Crippen LogP) is 3.61. The Balaban J connectivity index is 1.54. The van der Waals surface area contributed by atoms with Gasteiger partial charge in [0, 0.05) is 5.56 Å². The molecule has 0 fully saturated rings. The van der Waals surface area contributed by atoms with Gasteiger partial charge in [0.25, 0.3) is 5.56 Å². The number of nitrogens with zero attached hydrogens (tertiary/aromatic N) is 4. The molecule has 1 N–H and O–H groups in total. The van der Waals surface area contributed by atoms with Gasteiger partial charge in [0.2, 0.25) is 11.7 Å². The number of halogens is 1. The van der Waals surface area contributed by atoms with Gasteiger partial charge in [0.1, 0.15) is 11.6 Å². The molecule has 0 radical (unpaired) electrons. The molecule has 2 aromatic heterocycles. The van der Waals surface area contributed by atoms with Crippen molar-refractivity contribution in [3.8, 4) is 11.4 Å². The Kier molecular flexibility index (Phi) is 4.94. The number of benzene rings is 2. The number of nitrogens with one attached hydrogen (secondary N) is 1. The van der Waals surface area contributed by atoms with E-state index >= 15 is 0 Å². The van der Waals surface area contributed by atoms with E-state index in [4.69, 9.17) is 4.52 Å². The van der Waals surface area contributed by atoms with Crippen LogP contribution in [0.5, 0.6) is 0 Å². The van der Waals surface area contributed by atoms with E-state index in [-0.39, 0.29) is 17.4 Å². The van der Waals surface area contributed by atoms with Crippen LogP contribution in [0.25, 0.3) is 22.3 Å². The van der Waals surface area contributed by atoms with E-state index in [2.05, 4.69) is 20.1 Å². The Bertz CT molecular complexity index is 1230. The lowest BCUT2D eigenvalue weighted by Gasteiger charge is -2.20. The summed E-state index contributed by atoms with van der Waals surface area (Å²) in [6.07, 6.45) is 0. The number of aromatic nitrogens is 4. The van der Waals surface area contributed by atoms with Crippen molar-refractivity contribution in [1.29, 1.82) is 0 Å². The fraction of sp³-hybridized carbons (Fsp3) is 0.238. The average molecular weight is 393 g/mol. The first kappa shape index (κ1) is 18.9. The molecule has 29 heavy (non-hydrogen) atoms. The minimum absolute atomic E-state index is 0.173. The first-order valence-corrected chi connectivity index (χ1v) is 9.20. The number of aromatic amines is 1. The fourth-order valence-electron chi connectivity index (χ4n) is 3.03. The predicted molar refractivity (Wildman–Crippen MR) is 107 cm³/mol. The minimum Gasteiger partial charge on any atom is -0.337 e. The van der Waals surface area contributed by atoms with Crippen LogP contribution in [0.1, 0.15) is 30.2 Å². The molecule has 0 saturated heterocycles. The van der Waals surface area contributed by atoms with E-state index < -0.39 is 0 Å². The third-order valence-corrected chi connectivity index (χ3v) is 4.95. The van der Waals surface area contributed by atoms with E-state index in [9.17, 15) is 9.18 Å². The Morgan fingerprint density at radius 3 is 2.79 bits per heavy atom. The van der Waals surface area contributed by atoms with Gasteiger partial charge in [-0.2, -0.15) is 4.98 Å². The van der Waals surface area contributed by atoms with E-state index in [0.29, 0.717) is 46.1 Å². The Morgan fingerprint density at radius 2 is 2.00 bits per heavy atom. The van der Waals surface area contributed by atoms with Crippen LogP contribution in [-0.4, -0.2) is 32.1 Å². The molecule has 0 aliphatic heterocycles. The molecule has 0 saturated carbocycles. The van der Waals surface area contributed by atoms with Crippen molar-refractivity contribution in [1.82, 2.24) is 25.0 Å². The minimum atomic E-state index is -0.314. The molecule has 0 aliphatic rings. The molecular weight excluding hydrogens is 373 g/mol. The largest absolute Gasteiger partial charge is 0.337 e. The third-order valence-electron chi connectivity index (χ3n) is 4.95. The van der Waals surface area contributed by atoms with Gasteiger partial charge in [-0.3, -0.25) is 9.69 Å². The van der Waals surface area contributed by atoms with Crippen molar-refractivity contribution >= 4 is 10.9 Å². The molecule has 2 heterocycles. The number of para-hydroxylation sites is 1. The lowest BCUT2D eigenvalue weighted by Crippen LogP contribution is -2.25. The normalized spacial score (nSPS) is 12.6. The van der Waals surface area contributed by atoms with E-state index in [1.807, 2.05) is 31.0 Å². The first-order chi connectivity index (χ1) is 13.9. The van der Waals surface area contributed by atoms with Gasteiger partial charge in [-0.1, -0.05) is 29.4 Å². The summed E-state index contributed by atoms with van der Waals surface area (Å²) in [7, 11) is 1.87. The molecule has 0 spiro atoms. The Labute approximate surface area is 166 Å². The molecule has 4 aromatic rings. The number of fused-ring (bicyclic) bond motifs is 1. The zero-order chi connectivity index (χ0) is 20.5. The van der Waals surface area contributed by atoms with Crippen molar-refractivity contribution in [3.63, 3.8) is 0 Å². The van der Waals surface area contributed by atoms with Crippen molar-refractivity contribution in [2.45, 2.75) is 26.4 Å². The molecule has 148 valence electrons. The van der Waals surface area contributed by atoms with E-state index in [1.54, 1.807) is 31.2 Å². The van der Waals surface area contributed by atoms with Crippen LogP contribution in [0, 0.1) is 12.7 Å². The van der Waals surface area contributed by atoms with Crippen molar-refractivity contribution in [3.05, 3.63) is 75.9 Å². The van der Waals surface area contributed by atoms with Crippen LogP contribution >= 0.6 is 0 Å². The fourth-order valence-corrected chi connectivity index (χ4v) is 3.03. The van der Waals surface area contributed by atoms with Crippen LogP contribution in [0.2, 0.25) is 0 Å². The van der Waals surface area contributed by atoms with E-state index in [0.717, 1.165) is 0 Å². The zero-order valence-electron chi connectivity index (χ0n) is 16.3. The monoisotopic (exact) mass is 393 g/mol. The summed E-state index contributed by atoms with van der Waals surface area (Å²) >= 11 is 0. The lowest BCUT2D eigenvalue weighted by molar-refractivity contribution is 0.199. The maximum atomic E-state index is 13.8. The van der Waals surface area contributed by atoms with Crippen molar-refractivity contribution in [2.75, 3.05) is 7.05 Å². The van der Waals surface area contributed by atoms with Crippen molar-refractivity contribution in [2.24, 2.45) is 0 Å². The molecule has 1 unspecified atom stereocenters. The van der Waals surface area contributed by atoms with Gasteiger partial charge in [-0.05, 0) is 44.7 Å². The average Bonchev–Trinajstić information content (AvgIpc) is 3.19. The Hall–Kier alpha value is -3.39. The summed E-state index contributed by atoms with van der Waals surface area (Å²) in [6, 6.07) is 11.8. The zero-order valence-corrected chi connectivity index (χ0v) is 16.3. The summed E-state index contributed by atoms with van der Waals surface area (Å²) in [4.78, 5) is 25.9. The molecule has 0 bridgehead atoms. The van der Waals surface area contributed by atoms with Gasteiger partial charge in [0.05, 0.1) is 23.5 Å². The molecule has 0 amide bonds. The highest BCUT2D eigenvalue weighted by atomic mass is 19.1. The standard InChI is InChI=1S/C21H20FN5O2/c1-12-8-9-14(10-16(12)22)19-25-21(29-26-19)13(2)27(3)11-18-23-17-7-5-4-6-15(17)20(28)24-18/h4-10,13H,11H2,1-3H3,(H,23,24,28). The van der Waals surface area contributed by atoms with Crippen LogP contribution in [-0.2, 0) is 6.54 Å². The van der Waals surface area contributed by atoms with E-state index in [1.165, 1.54) is 6.07 Å². The number of rotatable bonds is 5. The quantitative estimate of drug-likeness (QED) is 0.557. The summed E-state index contributed by atoms with van der Waals surface area (Å²) in [5, 5.41) is 4.52. The highest BCUT2D eigenvalue weighted by Gasteiger charge is 2.21. The molecule has 4 rings (SSSR count). The number of hydrogen-bond acceptors (Lipinski definition) is 6. The molecule has 8 heteroatoms. The van der Waals surface area contributed by atoms with Gasteiger partial charge < -0.3 is 9.51 Å². The van der Waals surface area contributed by atoms with Gasteiger partial charge in [-0.15, -0.1) is 0 Å².